The Morgan fingerprint density at radius 3 is 2.73 bits per heavy atom. The molecule has 0 aromatic heterocycles. The van der Waals surface area contributed by atoms with Crippen LogP contribution in [0, 0.1) is 18.8 Å². The highest BCUT2D eigenvalue weighted by atomic mass is 16.5. The second-order valence-corrected chi connectivity index (χ2v) is 14.0. The lowest BCUT2D eigenvalue weighted by Crippen LogP contribution is -2.69. The summed E-state index contributed by atoms with van der Waals surface area (Å²) < 4.78 is 12.9. The van der Waals surface area contributed by atoms with Crippen molar-refractivity contribution in [3.63, 3.8) is 0 Å². The fraction of sp³-hybridized carbons (Fsp3) is 0.462. The summed E-state index contributed by atoms with van der Waals surface area (Å²) in [5.74, 6) is 2.43. The zero-order valence-corrected chi connectivity index (χ0v) is 27.0. The zero-order chi connectivity index (χ0) is 31.3. The van der Waals surface area contributed by atoms with E-state index < -0.39 is 0 Å². The van der Waals surface area contributed by atoms with E-state index in [1.165, 1.54) is 11.1 Å². The Hall–Kier alpha value is -3.77. The molecule has 2 heterocycles. The first kappa shape index (κ1) is 29.9. The summed E-state index contributed by atoms with van der Waals surface area (Å²) in [6.07, 6.45) is 8.19. The molecule has 6 heteroatoms. The number of hydrogen-bond acceptors (Lipinski definition) is 5. The Labute approximate surface area is 267 Å². The number of piperidine rings is 1. The first-order chi connectivity index (χ1) is 21.8. The summed E-state index contributed by atoms with van der Waals surface area (Å²) >= 11 is 0. The normalized spacial score (nSPS) is 26.5. The standard InChI is InChI=1S/C39H46N2O4/c1-25(2)24-41(35(43)16-13-28-12-8-9-26(3)21-28)31-15-14-30-32-22-29-33(42)23-34(44-4)37-36(29)39(30,38(31)45-37)18-20-40(32)19-17-27-10-6-5-7-11-27/h5-13,16,21,23,25,30-32,38,42H,14-15,17-20,22,24H2,1-4H3/t30-,31+,32+,38-,39-/m0/s1. The number of rotatable bonds is 9. The third-order valence-electron chi connectivity index (χ3n) is 10.9. The molecule has 45 heavy (non-hydrogen) atoms. The maximum absolute atomic E-state index is 14.1. The van der Waals surface area contributed by atoms with Crippen LogP contribution < -0.4 is 9.47 Å². The van der Waals surface area contributed by atoms with Crippen LogP contribution in [0.1, 0.15) is 60.9 Å². The van der Waals surface area contributed by atoms with Gasteiger partial charge >= 0.3 is 0 Å². The predicted octanol–water partition coefficient (Wildman–Crippen LogP) is 6.56. The van der Waals surface area contributed by atoms with Crippen molar-refractivity contribution < 1.29 is 19.4 Å². The Morgan fingerprint density at radius 2 is 1.98 bits per heavy atom. The van der Waals surface area contributed by atoms with Crippen LogP contribution in [0.4, 0.5) is 0 Å². The molecule has 3 aromatic rings. The van der Waals surface area contributed by atoms with Gasteiger partial charge in [0.05, 0.1) is 13.2 Å². The summed E-state index contributed by atoms with van der Waals surface area (Å²) in [5, 5.41) is 11.4. The van der Waals surface area contributed by atoms with E-state index in [2.05, 4.69) is 73.0 Å². The van der Waals surface area contributed by atoms with Gasteiger partial charge in [-0.15, -0.1) is 0 Å². The molecule has 1 spiro atoms. The molecule has 5 atom stereocenters. The van der Waals surface area contributed by atoms with Crippen LogP contribution in [0.3, 0.4) is 0 Å². The molecule has 7 rings (SSSR count). The molecule has 0 radical (unpaired) electrons. The fourth-order valence-corrected chi connectivity index (χ4v) is 9.14. The lowest BCUT2D eigenvalue weighted by atomic mass is 9.50. The van der Waals surface area contributed by atoms with Crippen molar-refractivity contribution in [3.05, 3.63) is 94.6 Å². The van der Waals surface area contributed by atoms with Gasteiger partial charge in [0, 0.05) is 47.8 Å². The van der Waals surface area contributed by atoms with Gasteiger partial charge in [-0.05, 0) is 74.6 Å². The lowest BCUT2D eigenvalue weighted by molar-refractivity contribution is -0.138. The monoisotopic (exact) mass is 606 g/mol. The molecule has 6 nitrogen and oxygen atoms in total. The third kappa shape index (κ3) is 5.11. The Bertz CT molecular complexity index is 1600. The molecule has 2 bridgehead atoms. The first-order valence-corrected chi connectivity index (χ1v) is 16.7. The quantitative estimate of drug-likeness (QED) is 0.280. The number of amides is 1. The number of benzene rings is 3. The maximum Gasteiger partial charge on any atom is 0.246 e. The van der Waals surface area contributed by atoms with Gasteiger partial charge in [0.15, 0.2) is 11.5 Å². The molecule has 236 valence electrons. The molecule has 1 saturated carbocycles. The van der Waals surface area contributed by atoms with Crippen molar-refractivity contribution in [3.8, 4) is 17.2 Å². The number of phenols is 1. The van der Waals surface area contributed by atoms with E-state index in [9.17, 15) is 9.90 Å². The highest BCUT2D eigenvalue weighted by Gasteiger charge is 2.67. The molecule has 2 aliphatic carbocycles. The highest BCUT2D eigenvalue weighted by Crippen LogP contribution is 2.65. The number of aromatic hydroxyl groups is 1. The number of phenolic OH excluding ortho intramolecular Hbond substituents is 1. The Kier molecular flexibility index (Phi) is 7.89. The average molecular weight is 607 g/mol. The van der Waals surface area contributed by atoms with E-state index in [1.807, 2.05) is 18.2 Å². The van der Waals surface area contributed by atoms with Crippen molar-refractivity contribution in [1.29, 1.82) is 0 Å². The van der Waals surface area contributed by atoms with Crippen LogP contribution in [0.5, 0.6) is 17.2 Å². The van der Waals surface area contributed by atoms with E-state index in [-0.39, 0.29) is 23.5 Å². The van der Waals surface area contributed by atoms with Gasteiger partial charge in [-0.1, -0.05) is 74.0 Å². The molecule has 4 aliphatic rings. The highest BCUT2D eigenvalue weighted by molar-refractivity contribution is 5.92. The van der Waals surface area contributed by atoms with Gasteiger partial charge < -0.3 is 19.5 Å². The van der Waals surface area contributed by atoms with Gasteiger partial charge in [0.2, 0.25) is 5.91 Å². The van der Waals surface area contributed by atoms with Gasteiger partial charge in [0.1, 0.15) is 11.9 Å². The molecule has 2 aliphatic heterocycles. The Balaban J connectivity index is 1.25. The minimum absolute atomic E-state index is 0.0345. The van der Waals surface area contributed by atoms with Crippen molar-refractivity contribution >= 4 is 12.0 Å². The number of carbonyl (C=O) groups is 1. The minimum Gasteiger partial charge on any atom is -0.508 e. The summed E-state index contributed by atoms with van der Waals surface area (Å²) in [7, 11) is 1.65. The summed E-state index contributed by atoms with van der Waals surface area (Å²) in [6.45, 7) is 9.07. The first-order valence-electron chi connectivity index (χ1n) is 16.7. The van der Waals surface area contributed by atoms with Crippen LogP contribution in [0.2, 0.25) is 0 Å². The molecule has 0 unspecified atom stereocenters. The van der Waals surface area contributed by atoms with E-state index in [0.717, 1.165) is 67.6 Å². The predicted molar refractivity (Wildman–Crippen MR) is 178 cm³/mol. The summed E-state index contributed by atoms with van der Waals surface area (Å²) in [4.78, 5) is 18.9. The van der Waals surface area contributed by atoms with Gasteiger partial charge in [-0.25, -0.2) is 0 Å². The lowest BCUT2D eigenvalue weighted by Gasteiger charge is -2.60. The number of aryl methyl sites for hydroxylation is 1. The second-order valence-electron chi connectivity index (χ2n) is 14.0. The number of nitrogens with zero attached hydrogens (tertiary/aromatic N) is 2. The van der Waals surface area contributed by atoms with Gasteiger partial charge in [-0.3, -0.25) is 9.69 Å². The largest absolute Gasteiger partial charge is 0.508 e. The molecule has 1 amide bonds. The molecule has 1 saturated heterocycles. The number of methoxy groups -OCH3 is 1. The van der Waals surface area contributed by atoms with Crippen LogP contribution in [0.15, 0.2) is 66.7 Å². The average Bonchev–Trinajstić information content (AvgIpc) is 3.38. The molecule has 3 aromatic carbocycles. The zero-order valence-electron chi connectivity index (χ0n) is 27.0. The van der Waals surface area contributed by atoms with Gasteiger partial charge in [0.25, 0.3) is 0 Å². The molecule has 2 fully saturated rings. The number of ether oxygens (including phenoxy) is 2. The minimum atomic E-state index is -0.262. The SMILES string of the molecule is COc1cc(O)c2c3c1O[C@H]1[C@H](N(CC(C)C)C(=O)C=Cc4cccc(C)c4)CC[C@H]4[C@@H](C2)N(CCc2ccccc2)CC[C@@]341. The van der Waals surface area contributed by atoms with Crippen molar-refractivity contribution in [2.45, 2.75) is 76.5 Å². The Morgan fingerprint density at radius 1 is 1.16 bits per heavy atom. The van der Waals surface area contributed by atoms with E-state index >= 15 is 0 Å². The fourth-order valence-electron chi connectivity index (χ4n) is 9.14. The van der Waals surface area contributed by atoms with Crippen LogP contribution in [0.25, 0.3) is 6.08 Å². The van der Waals surface area contributed by atoms with Crippen LogP contribution >= 0.6 is 0 Å². The molecule has 1 N–H and O–H groups in total. The summed E-state index contributed by atoms with van der Waals surface area (Å²) in [6, 6.07) is 21.0. The molecular formula is C39H46N2O4. The van der Waals surface area contributed by atoms with Crippen molar-refractivity contribution in [2.24, 2.45) is 11.8 Å². The number of likely N-dealkylation sites (tertiary alicyclic amines) is 1. The smallest absolute Gasteiger partial charge is 0.246 e. The van der Waals surface area contributed by atoms with Crippen LogP contribution in [-0.2, 0) is 23.1 Å². The van der Waals surface area contributed by atoms with Crippen molar-refractivity contribution in [1.82, 2.24) is 9.80 Å². The van der Waals surface area contributed by atoms with Gasteiger partial charge in [-0.2, -0.15) is 0 Å². The van der Waals surface area contributed by atoms with Crippen molar-refractivity contribution in [2.75, 3.05) is 26.7 Å². The van der Waals surface area contributed by atoms with E-state index in [1.54, 1.807) is 19.3 Å². The van der Waals surface area contributed by atoms with E-state index in [0.29, 0.717) is 35.9 Å². The number of hydrogen-bond donors (Lipinski definition) is 1. The number of carbonyl (C=O) groups excluding carboxylic acids is 1. The van der Waals surface area contributed by atoms with Crippen LogP contribution in [-0.4, -0.2) is 65.7 Å². The third-order valence-corrected chi connectivity index (χ3v) is 10.9. The topological polar surface area (TPSA) is 62.2 Å². The molecular weight excluding hydrogens is 560 g/mol. The summed E-state index contributed by atoms with van der Waals surface area (Å²) in [5.41, 5.74) is 5.47. The second kappa shape index (κ2) is 11.9. The van der Waals surface area contributed by atoms with E-state index in [4.69, 9.17) is 9.47 Å². The maximum atomic E-state index is 14.1.